The van der Waals surface area contributed by atoms with Crippen molar-refractivity contribution in [3.63, 3.8) is 0 Å². The molecular formula is C12H29N3O2. The Hall–Kier alpha value is -0.200. The Kier molecular flexibility index (Phi) is 10.8. The lowest BCUT2D eigenvalue weighted by Crippen LogP contribution is -2.46. The van der Waals surface area contributed by atoms with Crippen molar-refractivity contribution in [2.24, 2.45) is 5.73 Å². The standard InChI is InChI=1S/C12H29N3O2/c1-12(16,17-11-8-13)15-10-7-5-3-4-6-9-14-2/h14-16H,3-11,13H2,1-2H3. The highest BCUT2D eigenvalue weighted by atomic mass is 16.6. The van der Waals surface area contributed by atoms with Gasteiger partial charge in [0.1, 0.15) is 0 Å². The molecule has 0 aromatic carbocycles. The maximum atomic E-state index is 9.72. The van der Waals surface area contributed by atoms with E-state index in [1.165, 1.54) is 25.7 Å². The summed E-state index contributed by atoms with van der Waals surface area (Å²) >= 11 is 0. The molecule has 0 aromatic rings. The molecule has 0 heterocycles. The number of ether oxygens (including phenoxy) is 1. The van der Waals surface area contributed by atoms with Crippen molar-refractivity contribution in [1.82, 2.24) is 10.6 Å². The Morgan fingerprint density at radius 2 is 1.71 bits per heavy atom. The van der Waals surface area contributed by atoms with Crippen molar-refractivity contribution in [2.45, 2.75) is 44.9 Å². The molecule has 0 aliphatic carbocycles. The number of hydrogen-bond donors (Lipinski definition) is 4. The number of hydrogen-bond acceptors (Lipinski definition) is 5. The van der Waals surface area contributed by atoms with E-state index in [4.69, 9.17) is 10.5 Å². The lowest BCUT2D eigenvalue weighted by Gasteiger charge is -2.24. The molecule has 5 nitrogen and oxygen atoms in total. The van der Waals surface area contributed by atoms with Crippen molar-refractivity contribution in [3.05, 3.63) is 0 Å². The Morgan fingerprint density at radius 3 is 2.29 bits per heavy atom. The van der Waals surface area contributed by atoms with Crippen molar-refractivity contribution < 1.29 is 9.84 Å². The van der Waals surface area contributed by atoms with Gasteiger partial charge in [-0.25, -0.2) is 0 Å². The SMILES string of the molecule is CNCCCCCCCNC(C)(O)OCCN. The van der Waals surface area contributed by atoms with E-state index in [1.54, 1.807) is 6.92 Å². The van der Waals surface area contributed by atoms with Crippen molar-refractivity contribution >= 4 is 0 Å². The summed E-state index contributed by atoms with van der Waals surface area (Å²) < 4.78 is 5.15. The van der Waals surface area contributed by atoms with E-state index >= 15 is 0 Å². The minimum atomic E-state index is -1.24. The molecule has 1 unspecified atom stereocenters. The summed E-state index contributed by atoms with van der Waals surface area (Å²) in [6, 6.07) is 0. The Labute approximate surface area is 105 Å². The zero-order valence-electron chi connectivity index (χ0n) is 11.3. The van der Waals surface area contributed by atoms with Gasteiger partial charge < -0.3 is 20.9 Å². The van der Waals surface area contributed by atoms with Crippen LogP contribution in [-0.2, 0) is 4.74 Å². The smallest absolute Gasteiger partial charge is 0.221 e. The van der Waals surface area contributed by atoms with Gasteiger partial charge in [-0.05, 0) is 26.4 Å². The maximum absolute atomic E-state index is 9.72. The average molecular weight is 247 g/mol. The van der Waals surface area contributed by atoms with E-state index in [-0.39, 0.29) is 0 Å². The second-order valence-corrected chi connectivity index (χ2v) is 4.42. The van der Waals surface area contributed by atoms with E-state index in [0.29, 0.717) is 13.2 Å². The van der Waals surface area contributed by atoms with E-state index in [0.717, 1.165) is 19.5 Å². The first-order chi connectivity index (χ1) is 8.12. The van der Waals surface area contributed by atoms with Gasteiger partial charge in [0.2, 0.25) is 5.91 Å². The van der Waals surface area contributed by atoms with Crippen molar-refractivity contribution in [1.29, 1.82) is 0 Å². The zero-order chi connectivity index (χ0) is 13.0. The molecule has 0 saturated carbocycles. The van der Waals surface area contributed by atoms with Crippen LogP contribution in [-0.4, -0.2) is 44.3 Å². The van der Waals surface area contributed by atoms with Crippen LogP contribution in [0.5, 0.6) is 0 Å². The molecule has 0 aliphatic heterocycles. The molecule has 0 saturated heterocycles. The fraction of sp³-hybridized carbons (Fsp3) is 1.00. The molecule has 0 amide bonds. The molecule has 0 fully saturated rings. The first kappa shape index (κ1) is 16.8. The number of unbranched alkanes of at least 4 members (excludes halogenated alkanes) is 4. The van der Waals surface area contributed by atoms with Crippen LogP contribution in [0.3, 0.4) is 0 Å². The fourth-order valence-electron chi connectivity index (χ4n) is 1.59. The third kappa shape index (κ3) is 12.1. The van der Waals surface area contributed by atoms with Crippen molar-refractivity contribution in [2.75, 3.05) is 33.3 Å². The van der Waals surface area contributed by atoms with E-state index < -0.39 is 5.91 Å². The number of nitrogens with two attached hydrogens (primary N) is 1. The van der Waals surface area contributed by atoms with Crippen LogP contribution in [0.1, 0.15) is 39.0 Å². The largest absolute Gasteiger partial charge is 0.353 e. The zero-order valence-corrected chi connectivity index (χ0v) is 11.3. The molecule has 0 spiro atoms. The molecule has 0 rings (SSSR count). The summed E-state index contributed by atoms with van der Waals surface area (Å²) in [5, 5.41) is 15.8. The second-order valence-electron chi connectivity index (χ2n) is 4.42. The second kappa shape index (κ2) is 10.9. The molecule has 0 bridgehead atoms. The van der Waals surface area contributed by atoms with Crippen LogP contribution >= 0.6 is 0 Å². The third-order valence-electron chi connectivity index (χ3n) is 2.56. The summed E-state index contributed by atoms with van der Waals surface area (Å²) in [4.78, 5) is 0. The average Bonchev–Trinajstić information content (AvgIpc) is 2.30. The minimum absolute atomic E-state index is 0.365. The highest BCUT2D eigenvalue weighted by molar-refractivity contribution is 4.58. The highest BCUT2D eigenvalue weighted by Crippen LogP contribution is 2.04. The van der Waals surface area contributed by atoms with Gasteiger partial charge in [0.05, 0.1) is 6.61 Å². The molecule has 0 radical (unpaired) electrons. The van der Waals surface area contributed by atoms with Crippen LogP contribution in [0.25, 0.3) is 0 Å². The first-order valence-corrected chi connectivity index (χ1v) is 6.58. The molecule has 104 valence electrons. The lowest BCUT2D eigenvalue weighted by atomic mass is 10.1. The molecular weight excluding hydrogens is 218 g/mol. The monoisotopic (exact) mass is 247 g/mol. The Morgan fingerprint density at radius 1 is 1.12 bits per heavy atom. The van der Waals surface area contributed by atoms with Crippen LogP contribution in [0, 0.1) is 0 Å². The molecule has 0 aromatic heterocycles. The van der Waals surface area contributed by atoms with Gasteiger partial charge in [-0.3, -0.25) is 5.32 Å². The topological polar surface area (TPSA) is 79.5 Å². The van der Waals surface area contributed by atoms with Gasteiger partial charge in [0.15, 0.2) is 0 Å². The lowest BCUT2D eigenvalue weighted by molar-refractivity contribution is -0.209. The predicted octanol–water partition coefficient (Wildman–Crippen LogP) is 0.387. The highest BCUT2D eigenvalue weighted by Gasteiger charge is 2.18. The normalized spacial score (nSPS) is 14.8. The summed E-state index contributed by atoms with van der Waals surface area (Å²) in [5.74, 6) is -1.24. The summed E-state index contributed by atoms with van der Waals surface area (Å²) in [7, 11) is 1.98. The quantitative estimate of drug-likeness (QED) is 0.296. The van der Waals surface area contributed by atoms with Crippen LogP contribution < -0.4 is 16.4 Å². The third-order valence-corrected chi connectivity index (χ3v) is 2.56. The number of aliphatic hydroxyl groups is 1. The van der Waals surface area contributed by atoms with Crippen molar-refractivity contribution in [3.8, 4) is 0 Å². The summed E-state index contributed by atoms with van der Waals surface area (Å²) in [6.07, 6.45) is 5.99. The van der Waals surface area contributed by atoms with E-state index in [1.807, 2.05) is 7.05 Å². The molecule has 0 aliphatic rings. The maximum Gasteiger partial charge on any atom is 0.221 e. The van der Waals surface area contributed by atoms with E-state index in [2.05, 4.69) is 10.6 Å². The predicted molar refractivity (Wildman–Crippen MR) is 70.6 cm³/mol. The molecule has 5 N–H and O–H groups in total. The van der Waals surface area contributed by atoms with Gasteiger partial charge in [0.25, 0.3) is 0 Å². The Bertz CT molecular complexity index is 166. The van der Waals surface area contributed by atoms with Crippen LogP contribution in [0.2, 0.25) is 0 Å². The fourth-order valence-corrected chi connectivity index (χ4v) is 1.59. The van der Waals surface area contributed by atoms with Crippen LogP contribution in [0.4, 0.5) is 0 Å². The van der Waals surface area contributed by atoms with Gasteiger partial charge in [0, 0.05) is 20.0 Å². The molecule has 5 heteroatoms. The first-order valence-electron chi connectivity index (χ1n) is 6.58. The van der Waals surface area contributed by atoms with E-state index in [9.17, 15) is 5.11 Å². The Balaban J connectivity index is 3.26. The van der Waals surface area contributed by atoms with Gasteiger partial charge in [-0.1, -0.05) is 19.3 Å². The van der Waals surface area contributed by atoms with Gasteiger partial charge >= 0.3 is 0 Å². The summed E-state index contributed by atoms with van der Waals surface area (Å²) in [6.45, 7) is 4.26. The van der Waals surface area contributed by atoms with Gasteiger partial charge in [-0.15, -0.1) is 0 Å². The summed E-state index contributed by atoms with van der Waals surface area (Å²) in [5.41, 5.74) is 5.30. The number of nitrogens with one attached hydrogen (secondary N) is 2. The minimum Gasteiger partial charge on any atom is -0.353 e. The van der Waals surface area contributed by atoms with Crippen LogP contribution in [0.15, 0.2) is 0 Å². The van der Waals surface area contributed by atoms with Gasteiger partial charge in [-0.2, -0.15) is 0 Å². The molecule has 17 heavy (non-hydrogen) atoms. The molecule has 1 atom stereocenters. The number of rotatable bonds is 12.